The predicted molar refractivity (Wildman–Crippen MR) is 78.1 cm³/mol. The number of anilines is 3. The van der Waals surface area contributed by atoms with E-state index in [2.05, 4.69) is 11.4 Å². The first-order chi connectivity index (χ1) is 8.84. The molecule has 3 aromatic rings. The highest BCUT2D eigenvalue weighted by Gasteiger charge is 2.03. The van der Waals surface area contributed by atoms with Gasteiger partial charge in [0.2, 0.25) is 0 Å². The van der Waals surface area contributed by atoms with Gasteiger partial charge < -0.3 is 11.1 Å². The molecule has 0 radical (unpaired) electrons. The molecule has 0 aliphatic carbocycles. The molecule has 0 heterocycles. The largest absolute Gasteiger partial charge is 0.398 e. The van der Waals surface area contributed by atoms with E-state index in [1.54, 1.807) is 0 Å². The summed E-state index contributed by atoms with van der Waals surface area (Å²) < 4.78 is 0. The summed E-state index contributed by atoms with van der Waals surface area (Å²) in [6, 6.07) is 22.2. The highest BCUT2D eigenvalue weighted by atomic mass is 14.9. The average molecular weight is 234 g/mol. The van der Waals surface area contributed by atoms with Crippen molar-refractivity contribution >= 4 is 27.8 Å². The van der Waals surface area contributed by atoms with Crippen LogP contribution in [0, 0.1) is 0 Å². The lowest BCUT2D eigenvalue weighted by Crippen LogP contribution is -1.93. The number of rotatable bonds is 2. The second kappa shape index (κ2) is 4.41. The molecular formula is C16H14N2. The van der Waals surface area contributed by atoms with Gasteiger partial charge in [0.1, 0.15) is 0 Å². The molecule has 3 rings (SSSR count). The van der Waals surface area contributed by atoms with Gasteiger partial charge in [-0.3, -0.25) is 0 Å². The Labute approximate surface area is 106 Å². The fraction of sp³-hybridized carbons (Fsp3) is 0. The lowest BCUT2D eigenvalue weighted by atomic mass is 10.1. The Bertz CT molecular complexity index is 675. The molecule has 3 aromatic carbocycles. The van der Waals surface area contributed by atoms with Crippen molar-refractivity contribution in [1.29, 1.82) is 0 Å². The van der Waals surface area contributed by atoms with Crippen molar-refractivity contribution in [2.75, 3.05) is 11.1 Å². The van der Waals surface area contributed by atoms with Crippen LogP contribution in [-0.2, 0) is 0 Å². The minimum Gasteiger partial charge on any atom is -0.398 e. The number of nitrogens with two attached hydrogens (primary N) is 1. The van der Waals surface area contributed by atoms with Gasteiger partial charge in [0.25, 0.3) is 0 Å². The Morgan fingerprint density at radius 1 is 0.667 bits per heavy atom. The molecule has 0 atom stereocenters. The van der Waals surface area contributed by atoms with Crippen molar-refractivity contribution in [3.63, 3.8) is 0 Å². The second-order valence-electron chi connectivity index (χ2n) is 4.24. The number of benzene rings is 3. The molecule has 0 bridgehead atoms. The summed E-state index contributed by atoms with van der Waals surface area (Å²) in [7, 11) is 0. The molecule has 88 valence electrons. The van der Waals surface area contributed by atoms with Crippen molar-refractivity contribution < 1.29 is 0 Å². The number of fused-ring (bicyclic) bond motifs is 1. The van der Waals surface area contributed by atoms with Crippen molar-refractivity contribution in [1.82, 2.24) is 0 Å². The average Bonchev–Trinajstić information content (AvgIpc) is 2.44. The van der Waals surface area contributed by atoms with Crippen molar-refractivity contribution in [3.05, 3.63) is 66.7 Å². The number of hydrogen-bond acceptors (Lipinski definition) is 2. The zero-order valence-corrected chi connectivity index (χ0v) is 9.93. The molecule has 0 saturated carbocycles. The molecule has 18 heavy (non-hydrogen) atoms. The van der Waals surface area contributed by atoms with Crippen molar-refractivity contribution in [2.45, 2.75) is 0 Å². The summed E-state index contributed by atoms with van der Waals surface area (Å²) in [5.41, 5.74) is 8.95. The molecule has 0 aromatic heterocycles. The molecule has 0 aliphatic heterocycles. The Balaban J connectivity index is 2.10. The van der Waals surface area contributed by atoms with Crippen LogP contribution in [0.3, 0.4) is 0 Å². The van der Waals surface area contributed by atoms with E-state index < -0.39 is 0 Å². The fourth-order valence-corrected chi connectivity index (χ4v) is 2.11. The normalized spacial score (nSPS) is 10.4. The maximum atomic E-state index is 5.99. The van der Waals surface area contributed by atoms with Gasteiger partial charge in [0.15, 0.2) is 0 Å². The van der Waals surface area contributed by atoms with Gasteiger partial charge in [0.05, 0.1) is 0 Å². The highest BCUT2D eigenvalue weighted by Crippen LogP contribution is 2.30. The Hall–Kier alpha value is -2.48. The summed E-state index contributed by atoms with van der Waals surface area (Å²) >= 11 is 0. The first-order valence-electron chi connectivity index (χ1n) is 5.94. The van der Waals surface area contributed by atoms with Crippen LogP contribution >= 0.6 is 0 Å². The third-order valence-electron chi connectivity index (χ3n) is 3.01. The molecule has 2 heteroatoms. The van der Waals surface area contributed by atoms with Gasteiger partial charge in [-0.25, -0.2) is 0 Å². The molecule has 0 aliphatic rings. The zero-order chi connectivity index (χ0) is 12.4. The summed E-state index contributed by atoms with van der Waals surface area (Å²) in [6.45, 7) is 0. The minimum absolute atomic E-state index is 0.809. The van der Waals surface area contributed by atoms with Gasteiger partial charge in [-0.1, -0.05) is 42.5 Å². The van der Waals surface area contributed by atoms with Gasteiger partial charge in [0, 0.05) is 27.8 Å². The first kappa shape index (κ1) is 10.7. The molecule has 0 saturated heterocycles. The number of nitrogen functional groups attached to an aromatic ring is 1. The standard InChI is InChI=1S/C16H14N2/c17-15-10-11-16(14-9-5-4-8-13(14)15)18-12-6-2-1-3-7-12/h1-11,18H,17H2. The van der Waals surface area contributed by atoms with Crippen LogP contribution in [0.15, 0.2) is 66.7 Å². The number of para-hydroxylation sites is 1. The molecular weight excluding hydrogens is 220 g/mol. The van der Waals surface area contributed by atoms with Crippen LogP contribution in [0.1, 0.15) is 0 Å². The topological polar surface area (TPSA) is 38.0 Å². The number of hydrogen-bond donors (Lipinski definition) is 2. The van der Waals surface area contributed by atoms with Crippen LogP contribution in [-0.4, -0.2) is 0 Å². The zero-order valence-electron chi connectivity index (χ0n) is 9.93. The van der Waals surface area contributed by atoms with E-state index in [0.717, 1.165) is 27.8 Å². The van der Waals surface area contributed by atoms with Crippen LogP contribution in [0.2, 0.25) is 0 Å². The Morgan fingerprint density at radius 2 is 1.33 bits per heavy atom. The van der Waals surface area contributed by atoms with Crippen LogP contribution < -0.4 is 11.1 Å². The molecule has 0 fully saturated rings. The molecule has 0 unspecified atom stereocenters. The molecule has 0 amide bonds. The molecule has 3 N–H and O–H groups in total. The van der Waals surface area contributed by atoms with E-state index in [1.165, 1.54) is 0 Å². The van der Waals surface area contributed by atoms with Gasteiger partial charge >= 0.3 is 0 Å². The molecule has 2 nitrogen and oxygen atoms in total. The summed E-state index contributed by atoms with van der Waals surface area (Å²) in [4.78, 5) is 0. The first-order valence-corrected chi connectivity index (χ1v) is 5.94. The van der Waals surface area contributed by atoms with Crippen molar-refractivity contribution in [3.8, 4) is 0 Å². The smallest absolute Gasteiger partial charge is 0.0465 e. The van der Waals surface area contributed by atoms with Gasteiger partial charge in [-0.05, 0) is 24.3 Å². The highest BCUT2D eigenvalue weighted by molar-refractivity contribution is 6.02. The van der Waals surface area contributed by atoms with Gasteiger partial charge in [-0.15, -0.1) is 0 Å². The van der Waals surface area contributed by atoms with Crippen LogP contribution in [0.4, 0.5) is 17.1 Å². The van der Waals surface area contributed by atoms with E-state index in [4.69, 9.17) is 5.73 Å². The number of nitrogens with one attached hydrogen (secondary N) is 1. The minimum atomic E-state index is 0.809. The van der Waals surface area contributed by atoms with Gasteiger partial charge in [-0.2, -0.15) is 0 Å². The van der Waals surface area contributed by atoms with Crippen molar-refractivity contribution in [2.24, 2.45) is 0 Å². The van der Waals surface area contributed by atoms with E-state index in [1.807, 2.05) is 60.7 Å². The lowest BCUT2D eigenvalue weighted by molar-refractivity contribution is 1.58. The summed E-state index contributed by atoms with van der Waals surface area (Å²) in [5, 5.41) is 5.64. The quantitative estimate of drug-likeness (QED) is 0.653. The van der Waals surface area contributed by atoms with Crippen LogP contribution in [0.25, 0.3) is 10.8 Å². The van der Waals surface area contributed by atoms with E-state index in [9.17, 15) is 0 Å². The van der Waals surface area contributed by atoms with E-state index in [-0.39, 0.29) is 0 Å². The Kier molecular flexibility index (Phi) is 2.61. The SMILES string of the molecule is Nc1ccc(Nc2ccccc2)c2ccccc12. The van der Waals surface area contributed by atoms with E-state index >= 15 is 0 Å². The fourth-order valence-electron chi connectivity index (χ4n) is 2.11. The summed E-state index contributed by atoms with van der Waals surface area (Å²) in [6.07, 6.45) is 0. The third-order valence-corrected chi connectivity index (χ3v) is 3.01. The third kappa shape index (κ3) is 1.89. The second-order valence-corrected chi connectivity index (χ2v) is 4.24. The summed E-state index contributed by atoms with van der Waals surface area (Å²) in [5.74, 6) is 0. The lowest BCUT2D eigenvalue weighted by Gasteiger charge is -2.11. The van der Waals surface area contributed by atoms with E-state index in [0.29, 0.717) is 0 Å². The predicted octanol–water partition coefficient (Wildman–Crippen LogP) is 4.17. The van der Waals surface area contributed by atoms with Crippen LogP contribution in [0.5, 0.6) is 0 Å². The maximum Gasteiger partial charge on any atom is 0.0465 e. The maximum absolute atomic E-state index is 5.99. The Morgan fingerprint density at radius 3 is 2.11 bits per heavy atom. The molecule has 0 spiro atoms. The monoisotopic (exact) mass is 234 g/mol.